The van der Waals surface area contributed by atoms with E-state index in [1.807, 2.05) is 0 Å². The Balaban J connectivity index is 1.33. The molecule has 5 nitrogen and oxygen atoms in total. The zero-order valence-corrected chi connectivity index (χ0v) is 21.2. The number of likely N-dealkylation sites (tertiary alicyclic amines) is 1. The van der Waals surface area contributed by atoms with Crippen molar-refractivity contribution < 1.29 is 32.2 Å². The van der Waals surface area contributed by atoms with Crippen LogP contribution in [0.1, 0.15) is 31.2 Å². The van der Waals surface area contributed by atoms with Gasteiger partial charge < -0.3 is 14.7 Å². The number of thioether (sulfide) groups is 1. The number of halogens is 4. The molecular formula is C27H28F4N2O3S. The van der Waals surface area contributed by atoms with E-state index in [2.05, 4.69) is 9.88 Å². The molecule has 0 bridgehead atoms. The molecule has 3 aromatic rings. The van der Waals surface area contributed by atoms with Gasteiger partial charge in [0.25, 0.3) is 0 Å². The van der Waals surface area contributed by atoms with Crippen LogP contribution in [-0.4, -0.2) is 53.5 Å². The van der Waals surface area contributed by atoms with Crippen LogP contribution in [0.25, 0.3) is 10.9 Å². The van der Waals surface area contributed by atoms with Crippen molar-refractivity contribution in [3.8, 4) is 5.75 Å². The van der Waals surface area contributed by atoms with Gasteiger partial charge in [-0.2, -0.15) is 0 Å². The first-order chi connectivity index (χ1) is 17.7. The van der Waals surface area contributed by atoms with Crippen molar-refractivity contribution >= 4 is 28.6 Å². The van der Waals surface area contributed by atoms with Crippen LogP contribution < -0.4 is 4.74 Å². The number of carboxylic acids is 1. The SMILES string of the molecule is COc1ccc2ncc(F)c(CCCC3(C(=O)O)CCN(CCSc4c(F)cc(F)cc4F)CC3)c2c1. The zero-order chi connectivity index (χ0) is 26.6. The lowest BCUT2D eigenvalue weighted by Crippen LogP contribution is -2.45. The van der Waals surface area contributed by atoms with E-state index in [-0.39, 0.29) is 4.90 Å². The second-order valence-corrected chi connectivity index (χ2v) is 10.4. The molecule has 2 aromatic carbocycles. The summed E-state index contributed by atoms with van der Waals surface area (Å²) >= 11 is 0.974. The number of ether oxygens (including phenoxy) is 1. The van der Waals surface area contributed by atoms with Gasteiger partial charge in [0.2, 0.25) is 0 Å². The predicted molar refractivity (Wildman–Crippen MR) is 134 cm³/mol. The summed E-state index contributed by atoms with van der Waals surface area (Å²) in [6, 6.07) is 6.58. The van der Waals surface area contributed by atoms with Crippen molar-refractivity contribution in [2.24, 2.45) is 5.41 Å². The number of aliphatic carboxylic acids is 1. The summed E-state index contributed by atoms with van der Waals surface area (Å²) in [6.07, 6.45) is 3.33. The number of pyridine rings is 1. The van der Waals surface area contributed by atoms with E-state index in [0.717, 1.165) is 11.8 Å². The number of fused-ring (bicyclic) bond motifs is 1. The van der Waals surface area contributed by atoms with Gasteiger partial charge in [-0.05, 0) is 69.0 Å². The van der Waals surface area contributed by atoms with E-state index in [1.165, 1.54) is 13.3 Å². The van der Waals surface area contributed by atoms with Crippen LogP contribution in [0.5, 0.6) is 5.75 Å². The summed E-state index contributed by atoms with van der Waals surface area (Å²) in [5.74, 6) is -3.12. The molecular weight excluding hydrogens is 508 g/mol. The third kappa shape index (κ3) is 6.18. The first-order valence-corrected chi connectivity index (χ1v) is 13.1. The molecule has 1 N–H and O–H groups in total. The third-order valence-electron chi connectivity index (χ3n) is 7.10. The molecule has 0 unspecified atom stereocenters. The molecule has 0 aliphatic carbocycles. The van der Waals surface area contributed by atoms with Crippen molar-refractivity contribution in [2.75, 3.05) is 32.5 Å². The highest BCUT2D eigenvalue weighted by Crippen LogP contribution is 2.38. The highest BCUT2D eigenvalue weighted by atomic mass is 32.2. The minimum atomic E-state index is -0.958. The van der Waals surface area contributed by atoms with Crippen LogP contribution in [0.3, 0.4) is 0 Å². The Bertz CT molecular complexity index is 1260. The minimum absolute atomic E-state index is 0.216. The Morgan fingerprint density at radius 3 is 2.46 bits per heavy atom. The lowest BCUT2D eigenvalue weighted by Gasteiger charge is -2.39. The summed E-state index contributed by atoms with van der Waals surface area (Å²) in [7, 11) is 1.54. The second-order valence-electron chi connectivity index (χ2n) is 9.30. The maximum absolute atomic E-state index is 14.6. The molecule has 2 heterocycles. The summed E-state index contributed by atoms with van der Waals surface area (Å²) in [5, 5.41) is 10.7. The van der Waals surface area contributed by atoms with Crippen LogP contribution in [0.15, 0.2) is 41.4 Å². The number of carboxylic acid groups (broad SMARTS) is 1. The number of benzene rings is 2. The fourth-order valence-corrected chi connectivity index (χ4v) is 5.85. The molecule has 1 aliphatic rings. The minimum Gasteiger partial charge on any atom is -0.497 e. The Hall–Kier alpha value is -2.85. The smallest absolute Gasteiger partial charge is 0.309 e. The standard InChI is InChI=1S/C27H28F4N2O3S/c1-36-18-4-5-24-20(15-18)19(23(31)16-32-24)3-2-6-27(26(34)35)7-9-33(10-8-27)11-12-37-25-21(29)13-17(28)14-22(25)30/h4-5,13-16H,2-3,6-12H2,1H3,(H,34,35). The van der Waals surface area contributed by atoms with Gasteiger partial charge in [-0.1, -0.05) is 0 Å². The highest BCUT2D eigenvalue weighted by molar-refractivity contribution is 7.99. The van der Waals surface area contributed by atoms with Gasteiger partial charge in [0, 0.05) is 29.8 Å². The summed E-state index contributed by atoms with van der Waals surface area (Å²) < 4.78 is 60.7. The molecule has 37 heavy (non-hydrogen) atoms. The summed E-state index contributed by atoms with van der Waals surface area (Å²) in [5.41, 5.74) is 0.242. The molecule has 1 fully saturated rings. The van der Waals surface area contributed by atoms with Crippen molar-refractivity contribution in [1.82, 2.24) is 9.88 Å². The molecule has 0 saturated carbocycles. The molecule has 198 valence electrons. The van der Waals surface area contributed by atoms with E-state index < -0.39 is 34.7 Å². The quantitative estimate of drug-likeness (QED) is 0.250. The number of aromatic nitrogens is 1. The number of piperidine rings is 1. The molecule has 1 aliphatic heterocycles. The van der Waals surface area contributed by atoms with Gasteiger partial charge in [0.1, 0.15) is 29.0 Å². The lowest BCUT2D eigenvalue weighted by molar-refractivity contribution is -0.152. The van der Waals surface area contributed by atoms with E-state index >= 15 is 0 Å². The summed E-state index contributed by atoms with van der Waals surface area (Å²) in [6.45, 7) is 1.59. The topological polar surface area (TPSA) is 62.7 Å². The maximum atomic E-state index is 14.6. The van der Waals surface area contributed by atoms with Crippen LogP contribution >= 0.6 is 11.8 Å². The Morgan fingerprint density at radius 2 is 1.81 bits per heavy atom. The average molecular weight is 537 g/mol. The van der Waals surface area contributed by atoms with Gasteiger partial charge in [-0.25, -0.2) is 17.6 Å². The van der Waals surface area contributed by atoms with Gasteiger partial charge in [0.15, 0.2) is 0 Å². The third-order valence-corrected chi connectivity index (χ3v) is 8.17. The Kier molecular flexibility index (Phi) is 8.59. The van der Waals surface area contributed by atoms with Gasteiger partial charge >= 0.3 is 5.97 Å². The zero-order valence-electron chi connectivity index (χ0n) is 20.4. The Morgan fingerprint density at radius 1 is 1.11 bits per heavy atom. The number of aryl methyl sites for hydroxylation is 1. The fraction of sp³-hybridized carbons (Fsp3) is 0.407. The number of carbonyl (C=O) groups is 1. The molecule has 1 saturated heterocycles. The van der Waals surface area contributed by atoms with Gasteiger partial charge in [-0.3, -0.25) is 9.78 Å². The number of rotatable bonds is 10. The molecule has 0 radical (unpaired) electrons. The molecule has 4 rings (SSSR count). The average Bonchev–Trinajstić information content (AvgIpc) is 2.87. The second kappa shape index (κ2) is 11.7. The monoisotopic (exact) mass is 536 g/mol. The van der Waals surface area contributed by atoms with Gasteiger partial charge in [0.05, 0.1) is 29.1 Å². The number of methoxy groups -OCH3 is 1. The van der Waals surface area contributed by atoms with E-state index in [1.54, 1.807) is 18.2 Å². The molecule has 1 aromatic heterocycles. The fourth-order valence-electron chi connectivity index (χ4n) is 4.91. The van der Waals surface area contributed by atoms with Crippen molar-refractivity contribution in [3.63, 3.8) is 0 Å². The van der Waals surface area contributed by atoms with Crippen molar-refractivity contribution in [2.45, 2.75) is 37.0 Å². The van der Waals surface area contributed by atoms with Crippen LogP contribution in [-0.2, 0) is 11.2 Å². The Labute approximate surface area is 216 Å². The first-order valence-electron chi connectivity index (χ1n) is 12.1. The van der Waals surface area contributed by atoms with Crippen molar-refractivity contribution in [3.05, 3.63) is 65.4 Å². The number of nitrogens with zero attached hydrogens (tertiary/aromatic N) is 2. The first kappa shape index (κ1) is 27.2. The maximum Gasteiger partial charge on any atom is 0.309 e. The van der Waals surface area contributed by atoms with Crippen LogP contribution in [0.4, 0.5) is 17.6 Å². The van der Waals surface area contributed by atoms with Crippen LogP contribution in [0, 0.1) is 28.7 Å². The lowest BCUT2D eigenvalue weighted by atomic mass is 9.74. The van der Waals surface area contributed by atoms with Crippen molar-refractivity contribution in [1.29, 1.82) is 0 Å². The molecule has 0 amide bonds. The number of hydrogen-bond acceptors (Lipinski definition) is 5. The number of hydrogen-bond donors (Lipinski definition) is 1. The predicted octanol–water partition coefficient (Wildman–Crippen LogP) is 6.08. The van der Waals surface area contributed by atoms with Gasteiger partial charge in [-0.15, -0.1) is 11.8 Å². The van der Waals surface area contributed by atoms with Crippen LogP contribution in [0.2, 0.25) is 0 Å². The van der Waals surface area contributed by atoms with E-state index in [9.17, 15) is 27.5 Å². The highest BCUT2D eigenvalue weighted by Gasteiger charge is 2.40. The van der Waals surface area contributed by atoms with E-state index in [4.69, 9.17) is 4.74 Å². The largest absolute Gasteiger partial charge is 0.497 e. The normalized spacial score (nSPS) is 15.7. The molecule has 10 heteroatoms. The van der Waals surface area contributed by atoms with E-state index in [0.29, 0.717) is 91.8 Å². The molecule has 0 spiro atoms. The molecule has 0 atom stereocenters. The summed E-state index contributed by atoms with van der Waals surface area (Å²) in [4.78, 5) is 18.2.